The van der Waals surface area contributed by atoms with Crippen molar-refractivity contribution in [3.63, 3.8) is 0 Å². The van der Waals surface area contributed by atoms with Gasteiger partial charge in [-0.2, -0.15) is 5.10 Å². The van der Waals surface area contributed by atoms with E-state index in [0.717, 1.165) is 0 Å². The van der Waals surface area contributed by atoms with Crippen molar-refractivity contribution in [1.82, 2.24) is 9.78 Å². The predicted octanol–water partition coefficient (Wildman–Crippen LogP) is 5.85. The van der Waals surface area contributed by atoms with Gasteiger partial charge >= 0.3 is 0 Å². The number of aromatic nitrogens is 2. The molecule has 9 heteroatoms. The standard InChI is InChI=1S/C22H21Cl3N2O3S/c1-22(2,3)21-11-19(20(28)13-31(29,30)15-7-5-4-6-8-15)27(26-21)12-16-17(24)9-14(23)10-18(16)25/h4-11H,12-13H2,1-3H3. The third-order valence-corrected chi connectivity index (χ3v) is 7.20. The van der Waals surface area contributed by atoms with Gasteiger partial charge in [0.2, 0.25) is 0 Å². The number of Topliss-reactive ketones (excluding diaryl/α,β-unsaturated/α-hetero) is 1. The van der Waals surface area contributed by atoms with Gasteiger partial charge in [0.15, 0.2) is 15.6 Å². The summed E-state index contributed by atoms with van der Waals surface area (Å²) < 4.78 is 26.9. The summed E-state index contributed by atoms with van der Waals surface area (Å²) in [4.78, 5) is 13.2. The Bertz CT molecular complexity index is 1210. The molecule has 0 saturated carbocycles. The zero-order chi connectivity index (χ0) is 23.0. The van der Waals surface area contributed by atoms with E-state index in [2.05, 4.69) is 5.10 Å². The molecule has 0 unspecified atom stereocenters. The van der Waals surface area contributed by atoms with Crippen molar-refractivity contribution in [2.75, 3.05) is 5.75 Å². The van der Waals surface area contributed by atoms with Gasteiger partial charge in [0, 0.05) is 26.0 Å². The first-order chi connectivity index (χ1) is 14.4. The molecule has 0 atom stereocenters. The number of benzene rings is 2. The van der Waals surface area contributed by atoms with E-state index in [1.165, 1.54) is 16.8 Å². The summed E-state index contributed by atoms with van der Waals surface area (Å²) in [5, 5.41) is 5.61. The summed E-state index contributed by atoms with van der Waals surface area (Å²) in [5.74, 6) is -1.23. The van der Waals surface area contributed by atoms with E-state index < -0.39 is 21.4 Å². The summed E-state index contributed by atoms with van der Waals surface area (Å²) in [6.07, 6.45) is 0. The van der Waals surface area contributed by atoms with Gasteiger partial charge in [-0.15, -0.1) is 0 Å². The molecule has 0 N–H and O–H groups in total. The van der Waals surface area contributed by atoms with E-state index in [-0.39, 0.29) is 22.5 Å². The van der Waals surface area contributed by atoms with E-state index in [9.17, 15) is 13.2 Å². The third kappa shape index (κ3) is 5.50. The molecule has 0 aliphatic heterocycles. The van der Waals surface area contributed by atoms with Gasteiger partial charge in [-0.05, 0) is 30.3 Å². The maximum atomic E-state index is 13.1. The molecule has 2 aromatic carbocycles. The minimum absolute atomic E-state index is 0.0919. The highest BCUT2D eigenvalue weighted by Gasteiger charge is 2.27. The van der Waals surface area contributed by atoms with Crippen LogP contribution in [0.2, 0.25) is 15.1 Å². The van der Waals surface area contributed by atoms with Crippen LogP contribution in [-0.2, 0) is 21.8 Å². The lowest BCUT2D eigenvalue weighted by Gasteiger charge is -2.14. The summed E-state index contributed by atoms with van der Waals surface area (Å²) in [5.41, 5.74) is 1.00. The Labute approximate surface area is 196 Å². The zero-order valence-electron chi connectivity index (χ0n) is 17.2. The molecule has 0 spiro atoms. The lowest BCUT2D eigenvalue weighted by molar-refractivity contribution is 0.101. The third-order valence-electron chi connectivity index (χ3n) is 4.67. The monoisotopic (exact) mass is 498 g/mol. The average Bonchev–Trinajstić information content (AvgIpc) is 3.09. The molecule has 0 bridgehead atoms. The molecule has 0 radical (unpaired) electrons. The molecule has 0 fully saturated rings. The zero-order valence-corrected chi connectivity index (χ0v) is 20.3. The van der Waals surface area contributed by atoms with E-state index in [1.807, 2.05) is 20.8 Å². The number of rotatable bonds is 6. The van der Waals surface area contributed by atoms with Gasteiger partial charge in [-0.25, -0.2) is 8.42 Å². The van der Waals surface area contributed by atoms with E-state index >= 15 is 0 Å². The van der Waals surface area contributed by atoms with Crippen LogP contribution in [0.3, 0.4) is 0 Å². The van der Waals surface area contributed by atoms with Gasteiger partial charge in [-0.3, -0.25) is 9.48 Å². The maximum absolute atomic E-state index is 13.1. The molecule has 0 saturated heterocycles. The molecular formula is C22H21Cl3N2O3S. The van der Waals surface area contributed by atoms with Crippen LogP contribution in [-0.4, -0.2) is 29.7 Å². The smallest absolute Gasteiger partial charge is 0.196 e. The summed E-state index contributed by atoms with van der Waals surface area (Å²) in [6, 6.07) is 12.6. The Balaban J connectivity index is 2.02. The highest BCUT2D eigenvalue weighted by Crippen LogP contribution is 2.31. The van der Waals surface area contributed by atoms with E-state index in [0.29, 0.717) is 26.3 Å². The lowest BCUT2D eigenvalue weighted by Crippen LogP contribution is -2.20. The van der Waals surface area contributed by atoms with Crippen molar-refractivity contribution >= 4 is 50.4 Å². The Kier molecular flexibility index (Phi) is 6.87. The van der Waals surface area contributed by atoms with E-state index in [4.69, 9.17) is 34.8 Å². The molecular weight excluding hydrogens is 479 g/mol. The van der Waals surface area contributed by atoms with Crippen LogP contribution < -0.4 is 0 Å². The number of carbonyl (C=O) groups is 1. The fraction of sp³-hybridized carbons (Fsp3) is 0.273. The van der Waals surface area contributed by atoms with Crippen molar-refractivity contribution < 1.29 is 13.2 Å². The van der Waals surface area contributed by atoms with E-state index in [1.54, 1.807) is 36.4 Å². The molecule has 5 nitrogen and oxygen atoms in total. The average molecular weight is 500 g/mol. The fourth-order valence-electron chi connectivity index (χ4n) is 2.96. The molecule has 0 aliphatic carbocycles. The van der Waals surface area contributed by atoms with Gasteiger partial charge in [-0.1, -0.05) is 73.8 Å². The molecule has 3 rings (SSSR count). The fourth-order valence-corrected chi connectivity index (χ4v) is 5.13. The molecule has 31 heavy (non-hydrogen) atoms. The molecule has 0 amide bonds. The number of hydrogen-bond acceptors (Lipinski definition) is 4. The molecule has 0 aliphatic rings. The number of carbonyl (C=O) groups excluding carboxylic acids is 1. The summed E-state index contributed by atoms with van der Waals surface area (Å²) >= 11 is 18.6. The Hall–Kier alpha value is -1.86. The first-order valence-corrected chi connectivity index (χ1v) is 12.2. The van der Waals surface area contributed by atoms with Gasteiger partial charge in [0.1, 0.15) is 11.4 Å². The SMILES string of the molecule is CC(C)(C)c1cc(C(=O)CS(=O)(=O)c2ccccc2)n(Cc2c(Cl)cc(Cl)cc2Cl)n1. The molecule has 164 valence electrons. The Morgan fingerprint density at radius 3 is 2.13 bits per heavy atom. The number of nitrogens with zero attached hydrogens (tertiary/aromatic N) is 2. The summed E-state index contributed by atoms with van der Waals surface area (Å²) in [7, 11) is -3.81. The van der Waals surface area contributed by atoms with Gasteiger partial charge in [0.05, 0.1) is 17.1 Å². The minimum atomic E-state index is -3.81. The molecule has 1 heterocycles. The van der Waals surface area contributed by atoms with Crippen molar-refractivity contribution in [2.24, 2.45) is 0 Å². The number of hydrogen-bond donors (Lipinski definition) is 0. The van der Waals surface area contributed by atoms with Crippen LogP contribution in [0.5, 0.6) is 0 Å². The lowest BCUT2D eigenvalue weighted by atomic mass is 9.92. The predicted molar refractivity (Wildman–Crippen MR) is 124 cm³/mol. The van der Waals surface area contributed by atoms with Crippen LogP contribution in [0.4, 0.5) is 0 Å². The topological polar surface area (TPSA) is 69.0 Å². The highest BCUT2D eigenvalue weighted by atomic mass is 35.5. The van der Waals surface area contributed by atoms with Crippen LogP contribution in [0.15, 0.2) is 53.4 Å². The number of sulfone groups is 1. The summed E-state index contributed by atoms with van der Waals surface area (Å²) in [6.45, 7) is 5.96. The van der Waals surface area contributed by atoms with Crippen LogP contribution in [0.25, 0.3) is 0 Å². The largest absolute Gasteiger partial charge is 0.291 e. The quantitative estimate of drug-likeness (QED) is 0.399. The van der Waals surface area contributed by atoms with Gasteiger partial charge in [0.25, 0.3) is 0 Å². The second kappa shape index (κ2) is 8.94. The normalized spacial score (nSPS) is 12.2. The molecule has 3 aromatic rings. The van der Waals surface area contributed by atoms with Crippen LogP contribution in [0, 0.1) is 0 Å². The first-order valence-electron chi connectivity index (χ1n) is 9.41. The second-order valence-corrected chi connectivity index (χ2v) is 11.4. The highest BCUT2D eigenvalue weighted by molar-refractivity contribution is 7.92. The van der Waals surface area contributed by atoms with Crippen molar-refractivity contribution in [1.29, 1.82) is 0 Å². The van der Waals surface area contributed by atoms with Crippen LogP contribution >= 0.6 is 34.8 Å². The van der Waals surface area contributed by atoms with Crippen molar-refractivity contribution in [3.05, 3.63) is 80.6 Å². The first kappa shape index (κ1) is 23.8. The maximum Gasteiger partial charge on any atom is 0.196 e. The number of halogens is 3. The Morgan fingerprint density at radius 2 is 1.58 bits per heavy atom. The van der Waals surface area contributed by atoms with Crippen molar-refractivity contribution in [2.45, 2.75) is 37.6 Å². The second-order valence-electron chi connectivity index (χ2n) is 8.17. The van der Waals surface area contributed by atoms with Crippen molar-refractivity contribution in [3.8, 4) is 0 Å². The number of ketones is 1. The molecule has 1 aromatic heterocycles. The van der Waals surface area contributed by atoms with Crippen LogP contribution in [0.1, 0.15) is 42.5 Å². The van der Waals surface area contributed by atoms with Gasteiger partial charge < -0.3 is 0 Å². The Morgan fingerprint density at radius 1 is 1.00 bits per heavy atom. The minimum Gasteiger partial charge on any atom is -0.291 e.